The highest BCUT2D eigenvalue weighted by atomic mass is 19.1. The molecular formula is C13H17F2N3O. The van der Waals surface area contributed by atoms with E-state index < -0.39 is 11.6 Å². The molecule has 1 unspecified atom stereocenters. The zero-order chi connectivity index (χ0) is 14.5. The first-order chi connectivity index (χ1) is 8.82. The molecule has 0 aromatic carbocycles. The molecular weight excluding hydrogens is 252 g/mol. The van der Waals surface area contributed by atoms with Crippen molar-refractivity contribution in [1.82, 2.24) is 0 Å². The molecule has 1 aliphatic carbocycles. The van der Waals surface area contributed by atoms with E-state index in [0.717, 1.165) is 6.21 Å². The van der Waals surface area contributed by atoms with Gasteiger partial charge in [0.2, 0.25) is 5.88 Å². The van der Waals surface area contributed by atoms with Crippen LogP contribution in [0.15, 0.2) is 53.2 Å². The van der Waals surface area contributed by atoms with Crippen molar-refractivity contribution in [2.45, 2.75) is 13.3 Å². The van der Waals surface area contributed by atoms with E-state index in [9.17, 15) is 8.78 Å². The number of allylic oxidation sites excluding steroid dienone is 4. The summed E-state index contributed by atoms with van der Waals surface area (Å²) in [7, 11) is 0. The molecule has 104 valence electrons. The summed E-state index contributed by atoms with van der Waals surface area (Å²) in [6, 6.07) is 0. The Morgan fingerprint density at radius 3 is 2.84 bits per heavy atom. The van der Waals surface area contributed by atoms with Crippen LogP contribution < -0.4 is 11.5 Å². The van der Waals surface area contributed by atoms with Gasteiger partial charge in [-0.25, -0.2) is 13.8 Å². The van der Waals surface area contributed by atoms with Crippen molar-refractivity contribution in [2.24, 2.45) is 21.9 Å². The van der Waals surface area contributed by atoms with Gasteiger partial charge < -0.3 is 16.2 Å². The van der Waals surface area contributed by atoms with Crippen LogP contribution in [0.5, 0.6) is 0 Å². The maximum absolute atomic E-state index is 12.9. The van der Waals surface area contributed by atoms with Gasteiger partial charge in [-0.1, -0.05) is 13.0 Å². The van der Waals surface area contributed by atoms with Crippen molar-refractivity contribution in [3.05, 3.63) is 48.2 Å². The van der Waals surface area contributed by atoms with Gasteiger partial charge in [-0.2, -0.15) is 0 Å². The van der Waals surface area contributed by atoms with E-state index in [-0.39, 0.29) is 23.7 Å². The highest BCUT2D eigenvalue weighted by Gasteiger charge is 2.23. The van der Waals surface area contributed by atoms with E-state index in [1.54, 1.807) is 6.08 Å². The number of hydrogen-bond donors (Lipinski definition) is 2. The SMILES string of the molecule is C=C(/N=C\C(F)=C(N)N)OCC1(C)C=CC(F)=CC1. The summed E-state index contributed by atoms with van der Waals surface area (Å²) in [6.45, 7) is 5.67. The lowest BCUT2D eigenvalue weighted by Gasteiger charge is -2.26. The Balaban J connectivity index is 2.48. The monoisotopic (exact) mass is 269 g/mol. The topological polar surface area (TPSA) is 73.6 Å². The van der Waals surface area contributed by atoms with Crippen LogP contribution in [0.4, 0.5) is 8.78 Å². The molecule has 0 spiro atoms. The van der Waals surface area contributed by atoms with Crippen LogP contribution in [-0.4, -0.2) is 12.8 Å². The second-order valence-corrected chi connectivity index (χ2v) is 4.52. The Hall–Kier alpha value is -2.11. The van der Waals surface area contributed by atoms with Gasteiger partial charge in [0.05, 0.1) is 12.8 Å². The number of nitrogens with zero attached hydrogens (tertiary/aromatic N) is 1. The zero-order valence-electron chi connectivity index (χ0n) is 10.7. The summed E-state index contributed by atoms with van der Waals surface area (Å²) < 4.78 is 31.0. The van der Waals surface area contributed by atoms with Crippen molar-refractivity contribution < 1.29 is 13.5 Å². The Bertz CT molecular complexity index is 476. The lowest BCUT2D eigenvalue weighted by molar-refractivity contribution is 0.133. The third kappa shape index (κ3) is 4.95. The van der Waals surface area contributed by atoms with Crippen molar-refractivity contribution in [1.29, 1.82) is 0 Å². The fraction of sp³-hybridized carbons (Fsp3) is 0.308. The van der Waals surface area contributed by atoms with Crippen molar-refractivity contribution >= 4 is 6.21 Å². The molecule has 6 heteroatoms. The van der Waals surface area contributed by atoms with Crippen molar-refractivity contribution in [3.63, 3.8) is 0 Å². The third-order valence-electron chi connectivity index (χ3n) is 2.57. The number of halogens is 2. The largest absolute Gasteiger partial charge is 0.477 e. The summed E-state index contributed by atoms with van der Waals surface area (Å²) in [6.07, 6.45) is 5.92. The maximum Gasteiger partial charge on any atom is 0.205 e. The molecule has 0 heterocycles. The Morgan fingerprint density at radius 2 is 2.32 bits per heavy atom. The number of hydrogen-bond acceptors (Lipinski definition) is 4. The number of nitrogens with two attached hydrogens (primary N) is 2. The number of ether oxygens (including phenoxy) is 1. The van der Waals surface area contributed by atoms with E-state index in [2.05, 4.69) is 11.6 Å². The molecule has 0 saturated heterocycles. The predicted octanol–water partition coefficient (Wildman–Crippen LogP) is 2.42. The van der Waals surface area contributed by atoms with E-state index in [1.165, 1.54) is 12.2 Å². The molecule has 0 radical (unpaired) electrons. The minimum absolute atomic E-state index is 0.0288. The predicted molar refractivity (Wildman–Crippen MR) is 71.1 cm³/mol. The Morgan fingerprint density at radius 1 is 1.63 bits per heavy atom. The highest BCUT2D eigenvalue weighted by Crippen LogP contribution is 2.30. The first-order valence-corrected chi connectivity index (χ1v) is 5.64. The summed E-state index contributed by atoms with van der Waals surface area (Å²) >= 11 is 0. The van der Waals surface area contributed by atoms with Gasteiger partial charge in [-0.3, -0.25) is 0 Å². The molecule has 1 rings (SSSR count). The van der Waals surface area contributed by atoms with Crippen LogP contribution in [0, 0.1) is 5.41 Å². The van der Waals surface area contributed by atoms with Crippen molar-refractivity contribution in [3.8, 4) is 0 Å². The van der Waals surface area contributed by atoms with Gasteiger partial charge >= 0.3 is 0 Å². The lowest BCUT2D eigenvalue weighted by Crippen LogP contribution is -2.21. The maximum atomic E-state index is 12.9. The fourth-order valence-electron chi connectivity index (χ4n) is 1.34. The molecule has 0 fully saturated rings. The molecule has 4 nitrogen and oxygen atoms in total. The van der Waals surface area contributed by atoms with Crippen LogP contribution in [-0.2, 0) is 4.74 Å². The van der Waals surface area contributed by atoms with Crippen LogP contribution >= 0.6 is 0 Å². The average molecular weight is 269 g/mol. The first-order valence-electron chi connectivity index (χ1n) is 5.64. The summed E-state index contributed by atoms with van der Waals surface area (Å²) in [5.74, 6) is -1.54. The molecule has 0 bridgehead atoms. The minimum Gasteiger partial charge on any atom is -0.477 e. The van der Waals surface area contributed by atoms with E-state index in [0.29, 0.717) is 6.42 Å². The summed E-state index contributed by atoms with van der Waals surface area (Å²) in [5, 5.41) is 0. The van der Waals surface area contributed by atoms with E-state index in [4.69, 9.17) is 16.2 Å². The molecule has 0 saturated carbocycles. The number of aliphatic imine (C=N–C) groups is 1. The van der Waals surface area contributed by atoms with Gasteiger partial charge in [0.1, 0.15) is 11.6 Å². The molecule has 4 N–H and O–H groups in total. The van der Waals surface area contributed by atoms with E-state index >= 15 is 0 Å². The molecule has 0 aromatic rings. The second kappa shape index (κ2) is 6.17. The number of rotatable bonds is 5. The molecule has 0 amide bonds. The first kappa shape index (κ1) is 14.9. The normalized spacial score (nSPS) is 22.2. The average Bonchev–Trinajstić information content (AvgIpc) is 2.37. The smallest absolute Gasteiger partial charge is 0.205 e. The summed E-state index contributed by atoms with van der Waals surface area (Å²) in [5.41, 5.74) is 9.70. The molecule has 1 aliphatic rings. The van der Waals surface area contributed by atoms with Gasteiger partial charge in [0, 0.05) is 5.41 Å². The molecule has 0 aromatic heterocycles. The minimum atomic E-state index is -0.849. The fourth-order valence-corrected chi connectivity index (χ4v) is 1.34. The Kier molecular flexibility index (Phi) is 4.86. The van der Waals surface area contributed by atoms with Crippen LogP contribution in [0.1, 0.15) is 13.3 Å². The van der Waals surface area contributed by atoms with E-state index in [1.807, 2.05) is 6.92 Å². The lowest BCUT2D eigenvalue weighted by atomic mass is 9.84. The van der Waals surface area contributed by atoms with Crippen molar-refractivity contribution in [2.75, 3.05) is 6.61 Å². The molecule has 19 heavy (non-hydrogen) atoms. The van der Waals surface area contributed by atoms with Crippen LogP contribution in [0.2, 0.25) is 0 Å². The van der Waals surface area contributed by atoms with Crippen LogP contribution in [0.3, 0.4) is 0 Å². The Labute approximate surface area is 110 Å². The molecule has 1 atom stereocenters. The quantitative estimate of drug-likeness (QED) is 0.594. The second-order valence-electron chi connectivity index (χ2n) is 4.52. The molecule has 0 aliphatic heterocycles. The van der Waals surface area contributed by atoms with Crippen LogP contribution in [0.25, 0.3) is 0 Å². The van der Waals surface area contributed by atoms with Gasteiger partial charge in [-0.15, -0.1) is 0 Å². The third-order valence-corrected chi connectivity index (χ3v) is 2.57. The van der Waals surface area contributed by atoms with Gasteiger partial charge in [0.15, 0.2) is 5.83 Å². The van der Waals surface area contributed by atoms with Gasteiger partial charge in [-0.05, 0) is 25.2 Å². The summed E-state index contributed by atoms with van der Waals surface area (Å²) in [4.78, 5) is 3.63. The standard InChI is InChI=1S/C13H17F2N3O/c1-9(18-7-11(15)12(16)17)19-8-13(2)5-3-10(14)4-6-13/h3-5,7H,1,6,8,16-17H2,2H3/b18-7-. The highest BCUT2D eigenvalue weighted by molar-refractivity contribution is 5.76. The zero-order valence-corrected chi connectivity index (χ0v) is 10.7. The van der Waals surface area contributed by atoms with Gasteiger partial charge in [0.25, 0.3) is 0 Å².